The molecule has 0 bridgehead atoms. The summed E-state index contributed by atoms with van der Waals surface area (Å²) < 4.78 is 49.4. The number of hydrogen-bond acceptors (Lipinski definition) is 3. The van der Waals surface area contributed by atoms with E-state index >= 15 is 0 Å². The number of rotatable bonds is 6. The summed E-state index contributed by atoms with van der Waals surface area (Å²) in [5.74, 6) is 0.108. The molecular weight excluding hydrogens is 325 g/mol. The number of aliphatic hydroxyl groups is 1. The lowest BCUT2D eigenvalue weighted by Crippen LogP contribution is -2.46. The van der Waals surface area contributed by atoms with Crippen molar-refractivity contribution < 1.29 is 27.4 Å². The van der Waals surface area contributed by atoms with Gasteiger partial charge >= 0.3 is 6.18 Å². The number of halogens is 3. The Bertz CT molecular complexity index is 510. The normalized spacial score (nSPS) is 14.7. The van der Waals surface area contributed by atoms with Crippen LogP contribution in [-0.4, -0.2) is 32.7 Å². The van der Waals surface area contributed by atoms with Crippen molar-refractivity contribution in [3.63, 3.8) is 0 Å². The molecule has 7 heteroatoms. The van der Waals surface area contributed by atoms with E-state index < -0.39 is 26.2 Å². The molecule has 1 rings (SSSR count). The van der Waals surface area contributed by atoms with Crippen LogP contribution >= 0.6 is 0 Å². The van der Waals surface area contributed by atoms with Gasteiger partial charge in [0.25, 0.3) is 0 Å². The van der Waals surface area contributed by atoms with E-state index in [1.165, 1.54) is 12.1 Å². The zero-order chi connectivity index (χ0) is 17.9. The minimum Gasteiger partial charge on any atom is -0.491 e. The quantitative estimate of drug-likeness (QED) is 0.770. The molecule has 0 fully saturated rings. The SMILES string of the molecule is CC(C)(C)[Si](C)(C)O[C@H](CO)COc1cccc(C(F)(F)F)c1. The summed E-state index contributed by atoms with van der Waals surface area (Å²) in [5, 5.41) is 9.42. The minimum atomic E-state index is -4.41. The summed E-state index contributed by atoms with van der Waals surface area (Å²) in [7, 11) is -2.09. The average molecular weight is 350 g/mol. The Kier molecular flexibility index (Phi) is 6.29. The summed E-state index contributed by atoms with van der Waals surface area (Å²) in [6, 6.07) is 4.68. The van der Waals surface area contributed by atoms with Gasteiger partial charge in [-0.05, 0) is 36.3 Å². The van der Waals surface area contributed by atoms with Gasteiger partial charge in [0.1, 0.15) is 18.5 Å². The van der Waals surface area contributed by atoms with Gasteiger partial charge in [0, 0.05) is 0 Å². The summed E-state index contributed by atoms with van der Waals surface area (Å²) >= 11 is 0. The molecule has 1 aromatic rings. The van der Waals surface area contributed by atoms with Crippen LogP contribution in [-0.2, 0) is 10.6 Å². The highest BCUT2D eigenvalue weighted by atomic mass is 28.4. The van der Waals surface area contributed by atoms with Gasteiger partial charge in [0.05, 0.1) is 12.2 Å². The Balaban J connectivity index is 2.72. The van der Waals surface area contributed by atoms with E-state index in [1.807, 2.05) is 13.1 Å². The average Bonchev–Trinajstić information content (AvgIpc) is 2.41. The number of ether oxygens (including phenoxy) is 1. The molecule has 0 unspecified atom stereocenters. The van der Waals surface area contributed by atoms with Crippen molar-refractivity contribution in [3.05, 3.63) is 29.8 Å². The van der Waals surface area contributed by atoms with E-state index in [9.17, 15) is 18.3 Å². The van der Waals surface area contributed by atoms with Crippen LogP contribution in [0.5, 0.6) is 5.75 Å². The monoisotopic (exact) mass is 350 g/mol. The van der Waals surface area contributed by atoms with E-state index in [0.29, 0.717) is 0 Å². The summed E-state index contributed by atoms with van der Waals surface area (Å²) in [6.45, 7) is 10.1. The smallest absolute Gasteiger partial charge is 0.416 e. The van der Waals surface area contributed by atoms with Crippen LogP contribution in [0, 0.1) is 0 Å². The molecule has 0 radical (unpaired) electrons. The molecule has 132 valence electrons. The molecule has 1 aromatic carbocycles. The first-order valence-corrected chi connectivity index (χ1v) is 10.4. The Morgan fingerprint density at radius 1 is 1.17 bits per heavy atom. The van der Waals surface area contributed by atoms with Crippen molar-refractivity contribution in [1.29, 1.82) is 0 Å². The maximum atomic E-state index is 12.7. The van der Waals surface area contributed by atoms with Crippen LogP contribution in [0.1, 0.15) is 26.3 Å². The van der Waals surface area contributed by atoms with Crippen molar-refractivity contribution in [2.45, 2.75) is 51.2 Å². The van der Waals surface area contributed by atoms with Crippen molar-refractivity contribution in [2.24, 2.45) is 0 Å². The van der Waals surface area contributed by atoms with Crippen LogP contribution in [0.2, 0.25) is 18.1 Å². The molecule has 0 aliphatic heterocycles. The fourth-order valence-corrected chi connectivity index (χ4v) is 3.00. The van der Waals surface area contributed by atoms with Crippen molar-refractivity contribution in [1.82, 2.24) is 0 Å². The molecule has 0 aliphatic carbocycles. The van der Waals surface area contributed by atoms with Gasteiger partial charge in [-0.3, -0.25) is 0 Å². The number of aliphatic hydroxyl groups excluding tert-OH is 1. The molecule has 0 aliphatic rings. The second kappa shape index (κ2) is 7.23. The lowest BCUT2D eigenvalue weighted by molar-refractivity contribution is -0.137. The van der Waals surface area contributed by atoms with Gasteiger partial charge in [-0.25, -0.2) is 0 Å². The lowest BCUT2D eigenvalue weighted by Gasteiger charge is -2.38. The second-order valence-corrected chi connectivity index (χ2v) is 11.8. The standard InChI is InChI=1S/C16H25F3O3Si/c1-15(2,3)23(4,5)22-14(10-20)11-21-13-8-6-7-12(9-13)16(17,18)19/h6-9,14,20H,10-11H2,1-5H3/t14-/m1/s1. The third-order valence-corrected chi connectivity index (χ3v) is 8.60. The maximum Gasteiger partial charge on any atom is 0.416 e. The number of alkyl halides is 3. The third kappa shape index (κ3) is 5.82. The molecule has 0 heterocycles. The van der Waals surface area contributed by atoms with Gasteiger partial charge in [0.15, 0.2) is 8.32 Å². The molecule has 1 N–H and O–H groups in total. The molecule has 1 atom stereocenters. The largest absolute Gasteiger partial charge is 0.491 e. The van der Waals surface area contributed by atoms with Crippen molar-refractivity contribution in [2.75, 3.05) is 13.2 Å². The summed E-state index contributed by atoms with van der Waals surface area (Å²) in [5.41, 5.74) is -0.763. The Labute approximate surface area is 136 Å². The van der Waals surface area contributed by atoms with Gasteiger partial charge in [-0.2, -0.15) is 13.2 Å². The van der Waals surface area contributed by atoms with E-state index in [0.717, 1.165) is 12.1 Å². The molecular formula is C16H25F3O3Si. The summed E-state index contributed by atoms with van der Waals surface area (Å²) in [4.78, 5) is 0. The third-order valence-electron chi connectivity index (χ3n) is 4.07. The van der Waals surface area contributed by atoms with E-state index in [-0.39, 0.29) is 24.0 Å². The number of hydrogen-bond donors (Lipinski definition) is 1. The van der Waals surface area contributed by atoms with E-state index in [2.05, 4.69) is 20.8 Å². The van der Waals surface area contributed by atoms with Gasteiger partial charge < -0.3 is 14.3 Å². The zero-order valence-electron chi connectivity index (χ0n) is 14.2. The zero-order valence-corrected chi connectivity index (χ0v) is 15.2. The molecule has 0 aromatic heterocycles. The van der Waals surface area contributed by atoms with E-state index in [4.69, 9.17) is 9.16 Å². The number of benzene rings is 1. The minimum absolute atomic E-state index is 0.00429. The predicted octanol–water partition coefficient (Wildman–Crippen LogP) is 4.47. The first-order valence-electron chi connectivity index (χ1n) is 7.45. The first-order chi connectivity index (χ1) is 10.4. The lowest BCUT2D eigenvalue weighted by atomic mass is 10.2. The highest BCUT2D eigenvalue weighted by molar-refractivity contribution is 6.74. The first kappa shape index (κ1) is 20.0. The van der Waals surface area contributed by atoms with Crippen LogP contribution in [0.4, 0.5) is 13.2 Å². The molecule has 3 nitrogen and oxygen atoms in total. The molecule has 0 saturated carbocycles. The van der Waals surface area contributed by atoms with Crippen LogP contribution in [0.3, 0.4) is 0 Å². The molecule has 0 spiro atoms. The molecule has 0 amide bonds. The summed E-state index contributed by atoms with van der Waals surface area (Å²) in [6.07, 6.45) is -4.97. The molecule has 23 heavy (non-hydrogen) atoms. The van der Waals surface area contributed by atoms with Crippen LogP contribution in [0.15, 0.2) is 24.3 Å². The second-order valence-electron chi connectivity index (χ2n) is 7.02. The van der Waals surface area contributed by atoms with Crippen LogP contribution < -0.4 is 4.74 Å². The van der Waals surface area contributed by atoms with Crippen molar-refractivity contribution in [3.8, 4) is 5.75 Å². The van der Waals surface area contributed by atoms with Gasteiger partial charge in [-0.1, -0.05) is 26.8 Å². The van der Waals surface area contributed by atoms with Gasteiger partial charge in [0.2, 0.25) is 0 Å². The van der Waals surface area contributed by atoms with Crippen LogP contribution in [0.25, 0.3) is 0 Å². The Morgan fingerprint density at radius 2 is 1.78 bits per heavy atom. The van der Waals surface area contributed by atoms with Crippen molar-refractivity contribution >= 4 is 8.32 Å². The highest BCUT2D eigenvalue weighted by Gasteiger charge is 2.39. The maximum absolute atomic E-state index is 12.7. The Morgan fingerprint density at radius 3 is 2.26 bits per heavy atom. The predicted molar refractivity (Wildman–Crippen MR) is 86.1 cm³/mol. The Hall–Kier alpha value is -1.05. The highest BCUT2D eigenvalue weighted by Crippen LogP contribution is 2.37. The molecule has 0 saturated heterocycles. The van der Waals surface area contributed by atoms with E-state index in [1.54, 1.807) is 0 Å². The fourth-order valence-electron chi connectivity index (χ4n) is 1.67. The topological polar surface area (TPSA) is 38.7 Å². The van der Waals surface area contributed by atoms with Gasteiger partial charge in [-0.15, -0.1) is 0 Å². The fraction of sp³-hybridized carbons (Fsp3) is 0.625.